The van der Waals surface area contributed by atoms with E-state index in [0.717, 1.165) is 28.8 Å². The quantitative estimate of drug-likeness (QED) is 0.258. The molecular formula is C31H37F3N2O3. The maximum absolute atomic E-state index is 13.0. The highest BCUT2D eigenvalue weighted by atomic mass is 19.4. The predicted octanol–water partition coefficient (Wildman–Crippen LogP) is 7.03. The predicted molar refractivity (Wildman–Crippen MR) is 147 cm³/mol. The molecule has 210 valence electrons. The molecule has 1 unspecified atom stereocenters. The lowest BCUT2D eigenvalue weighted by Gasteiger charge is -2.27. The Morgan fingerprint density at radius 3 is 2.00 bits per heavy atom. The Morgan fingerprint density at radius 1 is 0.821 bits per heavy atom. The van der Waals surface area contributed by atoms with Crippen LogP contribution in [0.25, 0.3) is 0 Å². The van der Waals surface area contributed by atoms with Crippen molar-refractivity contribution in [3.63, 3.8) is 0 Å². The van der Waals surface area contributed by atoms with E-state index in [1.54, 1.807) is 7.05 Å². The number of carbonyl (C=O) groups excluding carboxylic acids is 1. The molecule has 0 spiro atoms. The van der Waals surface area contributed by atoms with Gasteiger partial charge in [0.1, 0.15) is 6.04 Å². The number of nitrogens with one attached hydrogen (secondary N) is 2. The lowest BCUT2D eigenvalue weighted by molar-refractivity contribution is -0.137. The summed E-state index contributed by atoms with van der Waals surface area (Å²) < 4.78 is 51.1. The number of aryl methyl sites for hydroxylation is 1. The third kappa shape index (κ3) is 8.75. The Hall–Kier alpha value is -3.52. The van der Waals surface area contributed by atoms with Crippen molar-refractivity contribution in [2.24, 2.45) is 0 Å². The monoisotopic (exact) mass is 542 g/mol. The van der Waals surface area contributed by atoms with Crippen LogP contribution in [0.5, 0.6) is 11.5 Å². The number of ether oxygens (including phenoxy) is 2. The molecule has 0 aliphatic carbocycles. The van der Waals surface area contributed by atoms with Crippen molar-refractivity contribution < 1.29 is 27.4 Å². The molecule has 0 saturated heterocycles. The van der Waals surface area contributed by atoms with E-state index in [4.69, 9.17) is 9.47 Å². The van der Waals surface area contributed by atoms with Crippen LogP contribution in [0.1, 0.15) is 68.5 Å². The van der Waals surface area contributed by atoms with Crippen LogP contribution in [0.4, 0.5) is 13.2 Å². The second-order valence-corrected chi connectivity index (χ2v) is 9.95. The van der Waals surface area contributed by atoms with E-state index in [-0.39, 0.29) is 24.2 Å². The molecule has 3 aromatic carbocycles. The van der Waals surface area contributed by atoms with Gasteiger partial charge in [0.05, 0.1) is 17.8 Å². The maximum Gasteiger partial charge on any atom is 0.416 e. The standard InChI is InChI=1S/C31H37F3N2O3/c1-20(2)38-27-18-14-24(19-28(27)39-21(3)4)26(17-13-22-11-15-25(16-12-22)31(32,33)34)36-29(30(37)35-5)23-9-7-6-8-10-23/h6-12,14-16,18-21,26,29,36H,13,17H2,1-5H3,(H,35,37)/t26-,29?/m1/s1. The molecule has 3 aromatic rings. The van der Waals surface area contributed by atoms with Crippen LogP contribution >= 0.6 is 0 Å². The highest BCUT2D eigenvalue weighted by molar-refractivity contribution is 5.83. The SMILES string of the molecule is CNC(=O)C(N[C@H](CCc1ccc(C(F)(F)F)cc1)c1ccc(OC(C)C)c(OC(C)C)c1)c1ccccc1. The van der Waals surface area contributed by atoms with E-state index < -0.39 is 17.8 Å². The molecule has 0 aliphatic heterocycles. The molecule has 5 nitrogen and oxygen atoms in total. The fourth-order valence-electron chi connectivity index (χ4n) is 4.27. The summed E-state index contributed by atoms with van der Waals surface area (Å²) in [4.78, 5) is 12.9. The molecule has 0 heterocycles. The third-order valence-corrected chi connectivity index (χ3v) is 6.11. The van der Waals surface area contributed by atoms with Crippen molar-refractivity contribution >= 4 is 5.91 Å². The average Bonchev–Trinajstić information content (AvgIpc) is 2.89. The first-order chi connectivity index (χ1) is 18.5. The van der Waals surface area contributed by atoms with Gasteiger partial charge in [-0.2, -0.15) is 13.2 Å². The Labute approximate surface area is 228 Å². The van der Waals surface area contributed by atoms with Gasteiger partial charge in [-0.3, -0.25) is 10.1 Å². The summed E-state index contributed by atoms with van der Waals surface area (Å²) in [6, 6.07) is 19.3. The number of hydrogen-bond acceptors (Lipinski definition) is 4. The topological polar surface area (TPSA) is 59.6 Å². The zero-order valence-corrected chi connectivity index (χ0v) is 23.0. The summed E-state index contributed by atoms with van der Waals surface area (Å²) in [6.45, 7) is 7.75. The Kier molecular flexibility index (Phi) is 10.4. The fraction of sp³-hybridized carbons (Fsp3) is 0.387. The van der Waals surface area contributed by atoms with E-state index in [9.17, 15) is 18.0 Å². The minimum atomic E-state index is -4.38. The summed E-state index contributed by atoms with van der Waals surface area (Å²) in [5, 5.41) is 6.23. The van der Waals surface area contributed by atoms with Crippen molar-refractivity contribution in [2.75, 3.05) is 7.05 Å². The summed E-state index contributed by atoms with van der Waals surface area (Å²) in [5.74, 6) is 1.02. The molecular weight excluding hydrogens is 505 g/mol. The lowest BCUT2D eigenvalue weighted by Crippen LogP contribution is -2.38. The lowest BCUT2D eigenvalue weighted by atomic mass is 9.95. The van der Waals surface area contributed by atoms with Crippen molar-refractivity contribution in [1.82, 2.24) is 10.6 Å². The van der Waals surface area contributed by atoms with Crippen LogP contribution in [0.15, 0.2) is 72.8 Å². The molecule has 39 heavy (non-hydrogen) atoms. The van der Waals surface area contributed by atoms with Gasteiger partial charge in [0.25, 0.3) is 0 Å². The molecule has 2 atom stereocenters. The molecule has 3 rings (SSSR count). The van der Waals surface area contributed by atoms with Gasteiger partial charge in [-0.05, 0) is 81.5 Å². The highest BCUT2D eigenvalue weighted by Gasteiger charge is 2.30. The van der Waals surface area contributed by atoms with Crippen LogP contribution in [-0.4, -0.2) is 25.2 Å². The van der Waals surface area contributed by atoms with Crippen molar-refractivity contribution in [1.29, 1.82) is 0 Å². The number of alkyl halides is 3. The van der Waals surface area contributed by atoms with E-state index in [1.165, 1.54) is 12.1 Å². The Balaban J connectivity index is 1.97. The number of carbonyl (C=O) groups is 1. The molecule has 0 bridgehead atoms. The van der Waals surface area contributed by atoms with Crippen molar-refractivity contribution in [3.05, 3.63) is 95.1 Å². The van der Waals surface area contributed by atoms with Gasteiger partial charge in [-0.25, -0.2) is 0 Å². The summed E-state index contributed by atoms with van der Waals surface area (Å²) in [5.41, 5.74) is 1.76. The first kappa shape index (κ1) is 30.0. The minimum Gasteiger partial charge on any atom is -0.487 e. The number of rotatable bonds is 12. The molecule has 2 N–H and O–H groups in total. The molecule has 0 saturated carbocycles. The van der Waals surface area contributed by atoms with Crippen LogP contribution in [0, 0.1) is 0 Å². The number of likely N-dealkylation sites (N-methyl/N-ethyl adjacent to an activating group) is 1. The van der Waals surface area contributed by atoms with E-state index >= 15 is 0 Å². The highest BCUT2D eigenvalue weighted by Crippen LogP contribution is 2.35. The minimum absolute atomic E-state index is 0.0466. The number of halogens is 3. The molecule has 1 amide bonds. The first-order valence-corrected chi connectivity index (χ1v) is 13.1. The van der Waals surface area contributed by atoms with E-state index in [2.05, 4.69) is 10.6 Å². The van der Waals surface area contributed by atoms with E-state index in [1.807, 2.05) is 76.2 Å². The first-order valence-electron chi connectivity index (χ1n) is 13.1. The van der Waals surface area contributed by atoms with Gasteiger partial charge in [0.15, 0.2) is 11.5 Å². The van der Waals surface area contributed by atoms with Gasteiger partial charge in [-0.15, -0.1) is 0 Å². The molecule has 0 aliphatic rings. The normalized spacial score (nSPS) is 13.3. The van der Waals surface area contributed by atoms with Crippen LogP contribution in [0.3, 0.4) is 0 Å². The molecule has 0 aromatic heterocycles. The zero-order chi connectivity index (χ0) is 28.6. The second kappa shape index (κ2) is 13.5. The molecule has 8 heteroatoms. The van der Waals surface area contributed by atoms with Crippen molar-refractivity contribution in [2.45, 2.75) is 71.0 Å². The largest absolute Gasteiger partial charge is 0.487 e. The van der Waals surface area contributed by atoms with Crippen molar-refractivity contribution in [3.8, 4) is 11.5 Å². The van der Waals surface area contributed by atoms with Crippen LogP contribution < -0.4 is 20.1 Å². The van der Waals surface area contributed by atoms with Gasteiger partial charge in [0, 0.05) is 13.1 Å². The molecule has 0 fully saturated rings. The van der Waals surface area contributed by atoms with Gasteiger partial charge < -0.3 is 14.8 Å². The van der Waals surface area contributed by atoms with Crippen LogP contribution in [0.2, 0.25) is 0 Å². The van der Waals surface area contributed by atoms with Gasteiger partial charge in [0.2, 0.25) is 5.91 Å². The third-order valence-electron chi connectivity index (χ3n) is 6.11. The Morgan fingerprint density at radius 2 is 1.44 bits per heavy atom. The van der Waals surface area contributed by atoms with Gasteiger partial charge >= 0.3 is 6.18 Å². The number of hydrogen-bond donors (Lipinski definition) is 2. The Bertz CT molecular complexity index is 1200. The molecule has 0 radical (unpaired) electrons. The average molecular weight is 543 g/mol. The van der Waals surface area contributed by atoms with E-state index in [0.29, 0.717) is 24.3 Å². The second-order valence-electron chi connectivity index (χ2n) is 9.95. The van der Waals surface area contributed by atoms with Crippen LogP contribution in [-0.2, 0) is 17.4 Å². The zero-order valence-electron chi connectivity index (χ0n) is 23.0. The summed E-state index contributed by atoms with van der Waals surface area (Å²) in [6.07, 6.45) is -3.50. The number of amides is 1. The smallest absolute Gasteiger partial charge is 0.416 e. The van der Waals surface area contributed by atoms with Gasteiger partial charge in [-0.1, -0.05) is 48.5 Å². The maximum atomic E-state index is 13.0. The fourth-order valence-corrected chi connectivity index (χ4v) is 4.27. The summed E-state index contributed by atoms with van der Waals surface area (Å²) in [7, 11) is 1.59. The summed E-state index contributed by atoms with van der Waals surface area (Å²) >= 11 is 0. The number of benzene rings is 3.